The lowest BCUT2D eigenvalue weighted by Crippen LogP contribution is -2.27. The first-order valence-corrected chi connectivity index (χ1v) is 7.50. The Bertz CT molecular complexity index is 634. The maximum Gasteiger partial charge on any atom is 0.319 e. The van der Waals surface area contributed by atoms with Gasteiger partial charge < -0.3 is 20.4 Å². The summed E-state index contributed by atoms with van der Waals surface area (Å²) < 4.78 is 5.13. The van der Waals surface area contributed by atoms with Gasteiger partial charge in [-0.25, -0.2) is 4.79 Å². The average molecular weight is 315 g/mol. The summed E-state index contributed by atoms with van der Waals surface area (Å²) in [6.45, 7) is 4.31. The molecule has 1 aromatic heterocycles. The fraction of sp³-hybridized carbons (Fsp3) is 0.294. The van der Waals surface area contributed by atoms with E-state index in [2.05, 4.69) is 16.0 Å². The van der Waals surface area contributed by atoms with Gasteiger partial charge in [-0.3, -0.25) is 4.79 Å². The van der Waals surface area contributed by atoms with Crippen LogP contribution in [0.1, 0.15) is 26.0 Å². The fourth-order valence-corrected chi connectivity index (χ4v) is 1.98. The molecular formula is C17H21N3O3. The Kier molecular flexibility index (Phi) is 5.80. The Balaban J connectivity index is 1.80. The van der Waals surface area contributed by atoms with Gasteiger partial charge in [0.25, 0.3) is 0 Å². The number of amides is 3. The van der Waals surface area contributed by atoms with Gasteiger partial charge in [0.1, 0.15) is 5.76 Å². The van der Waals surface area contributed by atoms with Gasteiger partial charge in [-0.05, 0) is 42.3 Å². The summed E-state index contributed by atoms with van der Waals surface area (Å²) >= 11 is 0. The van der Waals surface area contributed by atoms with Crippen LogP contribution >= 0.6 is 0 Å². The number of hydrogen-bond donors (Lipinski definition) is 3. The highest BCUT2D eigenvalue weighted by Gasteiger charge is 2.06. The van der Waals surface area contributed by atoms with Crippen molar-refractivity contribution in [3.63, 3.8) is 0 Å². The lowest BCUT2D eigenvalue weighted by molar-refractivity contribution is -0.116. The normalized spacial score (nSPS) is 10.4. The van der Waals surface area contributed by atoms with Crippen LogP contribution in [0.5, 0.6) is 0 Å². The number of carbonyl (C=O) groups excluding carboxylic acids is 2. The zero-order valence-corrected chi connectivity index (χ0v) is 13.3. The maximum atomic E-state index is 11.8. The molecule has 0 saturated heterocycles. The molecule has 0 aliphatic rings. The van der Waals surface area contributed by atoms with E-state index in [9.17, 15) is 9.59 Å². The van der Waals surface area contributed by atoms with Gasteiger partial charge in [-0.2, -0.15) is 0 Å². The Hall–Kier alpha value is -2.76. The molecule has 0 fully saturated rings. The molecule has 2 rings (SSSR count). The van der Waals surface area contributed by atoms with E-state index in [1.807, 2.05) is 13.8 Å². The van der Waals surface area contributed by atoms with Crippen LogP contribution in [0.4, 0.5) is 16.2 Å². The molecule has 0 unspecified atom stereocenters. The molecule has 3 amide bonds. The third-order valence-corrected chi connectivity index (χ3v) is 3.02. The fourth-order valence-electron chi connectivity index (χ4n) is 1.98. The van der Waals surface area contributed by atoms with Crippen molar-refractivity contribution in [2.75, 3.05) is 10.6 Å². The van der Waals surface area contributed by atoms with Gasteiger partial charge in [-0.1, -0.05) is 13.8 Å². The molecule has 122 valence electrons. The van der Waals surface area contributed by atoms with Crippen molar-refractivity contribution in [1.82, 2.24) is 5.32 Å². The molecule has 23 heavy (non-hydrogen) atoms. The van der Waals surface area contributed by atoms with Gasteiger partial charge >= 0.3 is 6.03 Å². The molecule has 2 aromatic rings. The molecule has 3 N–H and O–H groups in total. The van der Waals surface area contributed by atoms with Crippen molar-refractivity contribution in [2.45, 2.75) is 26.8 Å². The summed E-state index contributed by atoms with van der Waals surface area (Å²) in [6.07, 6.45) is 2.04. The van der Waals surface area contributed by atoms with Crippen molar-refractivity contribution in [3.05, 3.63) is 48.4 Å². The topological polar surface area (TPSA) is 83.4 Å². The highest BCUT2D eigenvalue weighted by molar-refractivity contribution is 5.92. The van der Waals surface area contributed by atoms with E-state index in [0.29, 0.717) is 36.0 Å². The summed E-state index contributed by atoms with van der Waals surface area (Å²) in [5, 5.41) is 8.22. The van der Waals surface area contributed by atoms with Crippen molar-refractivity contribution in [1.29, 1.82) is 0 Å². The summed E-state index contributed by atoms with van der Waals surface area (Å²) in [5.41, 5.74) is 1.35. The number of carbonyl (C=O) groups is 2. The summed E-state index contributed by atoms with van der Waals surface area (Å²) in [4.78, 5) is 23.4. The molecule has 0 spiro atoms. The molecule has 0 bridgehead atoms. The van der Waals surface area contributed by atoms with Crippen molar-refractivity contribution < 1.29 is 14.0 Å². The second-order valence-corrected chi connectivity index (χ2v) is 5.61. The van der Waals surface area contributed by atoms with Crippen molar-refractivity contribution in [3.8, 4) is 0 Å². The Morgan fingerprint density at radius 3 is 2.26 bits per heavy atom. The van der Waals surface area contributed by atoms with Crippen LogP contribution in [-0.2, 0) is 11.3 Å². The van der Waals surface area contributed by atoms with Crippen LogP contribution in [0.15, 0.2) is 47.1 Å². The SMILES string of the molecule is CC(C)CC(=O)Nc1ccc(NC(=O)NCc2ccco2)cc1. The monoisotopic (exact) mass is 315 g/mol. The summed E-state index contributed by atoms with van der Waals surface area (Å²) in [7, 11) is 0. The second-order valence-electron chi connectivity index (χ2n) is 5.61. The van der Waals surface area contributed by atoms with Crippen molar-refractivity contribution in [2.24, 2.45) is 5.92 Å². The zero-order valence-electron chi connectivity index (χ0n) is 13.3. The zero-order chi connectivity index (χ0) is 16.7. The number of anilines is 2. The Labute approximate surface area is 135 Å². The number of urea groups is 1. The Morgan fingerprint density at radius 1 is 1.04 bits per heavy atom. The molecule has 0 aliphatic carbocycles. The molecule has 6 heteroatoms. The first-order valence-electron chi connectivity index (χ1n) is 7.50. The predicted octanol–water partition coefficient (Wildman–Crippen LogP) is 3.59. The molecule has 0 atom stereocenters. The number of benzene rings is 1. The van der Waals surface area contributed by atoms with Gasteiger partial charge in [0.05, 0.1) is 12.8 Å². The van der Waals surface area contributed by atoms with E-state index in [1.165, 1.54) is 0 Å². The molecular weight excluding hydrogens is 294 g/mol. The number of hydrogen-bond acceptors (Lipinski definition) is 3. The standard InChI is InChI=1S/C17H21N3O3/c1-12(2)10-16(21)19-13-5-7-14(8-6-13)20-17(22)18-11-15-4-3-9-23-15/h3-9,12H,10-11H2,1-2H3,(H,19,21)(H2,18,20,22). The van der Waals surface area contributed by atoms with E-state index in [-0.39, 0.29) is 11.9 Å². The van der Waals surface area contributed by atoms with Crippen LogP contribution in [0.25, 0.3) is 0 Å². The molecule has 6 nitrogen and oxygen atoms in total. The lowest BCUT2D eigenvalue weighted by Gasteiger charge is -2.09. The van der Waals surface area contributed by atoms with E-state index < -0.39 is 0 Å². The van der Waals surface area contributed by atoms with Crippen molar-refractivity contribution >= 4 is 23.3 Å². The van der Waals surface area contributed by atoms with E-state index in [1.54, 1.807) is 42.7 Å². The highest BCUT2D eigenvalue weighted by Crippen LogP contribution is 2.14. The lowest BCUT2D eigenvalue weighted by atomic mass is 10.1. The minimum Gasteiger partial charge on any atom is -0.467 e. The van der Waals surface area contributed by atoms with Crippen LogP contribution in [-0.4, -0.2) is 11.9 Å². The predicted molar refractivity (Wildman–Crippen MR) is 89.1 cm³/mol. The van der Waals surface area contributed by atoms with E-state index >= 15 is 0 Å². The largest absolute Gasteiger partial charge is 0.467 e. The summed E-state index contributed by atoms with van der Waals surface area (Å²) in [6, 6.07) is 10.2. The van der Waals surface area contributed by atoms with E-state index in [0.717, 1.165) is 0 Å². The van der Waals surface area contributed by atoms with Gasteiger partial charge in [-0.15, -0.1) is 0 Å². The molecule has 0 radical (unpaired) electrons. The minimum atomic E-state index is -0.321. The first kappa shape index (κ1) is 16.6. The molecule has 0 saturated carbocycles. The maximum absolute atomic E-state index is 11.8. The van der Waals surface area contributed by atoms with Crippen LogP contribution in [0, 0.1) is 5.92 Å². The van der Waals surface area contributed by atoms with Crippen LogP contribution in [0.2, 0.25) is 0 Å². The molecule has 0 aliphatic heterocycles. The average Bonchev–Trinajstić information content (AvgIpc) is 3.00. The van der Waals surface area contributed by atoms with Crippen LogP contribution < -0.4 is 16.0 Å². The number of rotatable bonds is 6. The Morgan fingerprint density at radius 2 is 1.70 bits per heavy atom. The minimum absolute atomic E-state index is 0.0168. The number of nitrogens with one attached hydrogen (secondary N) is 3. The third-order valence-electron chi connectivity index (χ3n) is 3.02. The van der Waals surface area contributed by atoms with Gasteiger partial charge in [0.2, 0.25) is 5.91 Å². The quantitative estimate of drug-likeness (QED) is 0.761. The highest BCUT2D eigenvalue weighted by atomic mass is 16.3. The smallest absolute Gasteiger partial charge is 0.319 e. The molecule has 1 heterocycles. The third kappa shape index (κ3) is 5.86. The van der Waals surface area contributed by atoms with Gasteiger partial charge in [0.15, 0.2) is 0 Å². The number of furan rings is 1. The van der Waals surface area contributed by atoms with Gasteiger partial charge in [0, 0.05) is 17.8 Å². The van der Waals surface area contributed by atoms with E-state index in [4.69, 9.17) is 4.42 Å². The first-order chi connectivity index (χ1) is 11.0. The van der Waals surface area contributed by atoms with Crippen LogP contribution in [0.3, 0.4) is 0 Å². The summed E-state index contributed by atoms with van der Waals surface area (Å²) in [5.74, 6) is 0.981. The second kappa shape index (κ2) is 8.03. The molecule has 1 aromatic carbocycles.